The lowest BCUT2D eigenvalue weighted by Crippen LogP contribution is -2.51. The molecule has 0 unspecified atom stereocenters. The molecule has 96 valence electrons. The van der Waals surface area contributed by atoms with Gasteiger partial charge in [-0.15, -0.1) is 10.1 Å². The van der Waals surface area contributed by atoms with Gasteiger partial charge in [-0.3, -0.25) is 0 Å². The number of nitrogens with zero attached hydrogens (tertiary/aromatic N) is 3. The number of amides is 1. The zero-order chi connectivity index (χ0) is 12.1. The van der Waals surface area contributed by atoms with Gasteiger partial charge in [0.2, 0.25) is 5.90 Å². The molecule has 1 N–H and O–H groups in total. The molecule has 0 saturated carbocycles. The van der Waals surface area contributed by atoms with Crippen molar-refractivity contribution in [3.05, 3.63) is 0 Å². The maximum Gasteiger partial charge on any atom is 0.436 e. The first-order valence-electron chi connectivity index (χ1n) is 5.56. The highest BCUT2D eigenvalue weighted by Crippen LogP contribution is 2.06. The van der Waals surface area contributed by atoms with Gasteiger partial charge in [0, 0.05) is 13.1 Å². The number of hydrazine groups is 2. The van der Waals surface area contributed by atoms with E-state index in [1.54, 1.807) is 12.0 Å². The Labute approximate surface area is 99.0 Å². The van der Waals surface area contributed by atoms with Gasteiger partial charge in [0.15, 0.2) is 0 Å². The zero-order valence-electron chi connectivity index (χ0n) is 9.72. The Morgan fingerprint density at radius 2 is 2.29 bits per heavy atom. The summed E-state index contributed by atoms with van der Waals surface area (Å²) in [4.78, 5) is 19.9. The van der Waals surface area contributed by atoms with Crippen LogP contribution in [0.1, 0.15) is 6.92 Å². The molecule has 2 saturated heterocycles. The van der Waals surface area contributed by atoms with Crippen LogP contribution in [0.3, 0.4) is 0 Å². The Hall–Kier alpha value is -1.22. The number of nitrogens with one attached hydrogen (secondary N) is 1. The van der Waals surface area contributed by atoms with Crippen LogP contribution in [-0.2, 0) is 14.3 Å². The summed E-state index contributed by atoms with van der Waals surface area (Å²) >= 11 is 0. The third kappa shape index (κ3) is 3.37. The van der Waals surface area contributed by atoms with E-state index in [0.717, 1.165) is 13.1 Å². The Balaban J connectivity index is 1.84. The van der Waals surface area contributed by atoms with E-state index in [9.17, 15) is 4.79 Å². The lowest BCUT2D eigenvalue weighted by molar-refractivity contribution is -0.144. The first-order chi connectivity index (χ1) is 8.29. The number of morpholine rings is 1. The molecule has 2 heterocycles. The molecular formula is C9H16N4O4. The van der Waals surface area contributed by atoms with E-state index in [-0.39, 0.29) is 0 Å². The molecule has 8 heteroatoms. The van der Waals surface area contributed by atoms with Crippen LogP contribution < -0.4 is 5.59 Å². The minimum atomic E-state index is -0.631. The van der Waals surface area contributed by atoms with Crippen LogP contribution in [0.2, 0.25) is 0 Å². The summed E-state index contributed by atoms with van der Waals surface area (Å²) in [6.45, 7) is 5.36. The fourth-order valence-electron chi connectivity index (χ4n) is 1.57. The minimum absolute atomic E-state index is 0.301. The van der Waals surface area contributed by atoms with Crippen LogP contribution in [0.15, 0.2) is 4.99 Å². The lowest BCUT2D eigenvalue weighted by Gasteiger charge is -2.31. The van der Waals surface area contributed by atoms with Gasteiger partial charge in [0.1, 0.15) is 6.54 Å². The summed E-state index contributed by atoms with van der Waals surface area (Å²) in [5.74, 6) is 0.301. The summed E-state index contributed by atoms with van der Waals surface area (Å²) in [7, 11) is 0. The number of ether oxygens (including phenoxy) is 2. The summed E-state index contributed by atoms with van der Waals surface area (Å²) in [5.41, 5.74) is 2.69. The van der Waals surface area contributed by atoms with Gasteiger partial charge in [-0.05, 0) is 6.92 Å². The number of carbonyl (C=O) groups excluding carboxylic acids is 1. The Morgan fingerprint density at radius 3 is 3.00 bits per heavy atom. The van der Waals surface area contributed by atoms with E-state index in [1.807, 2.05) is 5.01 Å². The van der Waals surface area contributed by atoms with E-state index >= 15 is 0 Å². The molecule has 0 bridgehead atoms. The predicted molar refractivity (Wildman–Crippen MR) is 57.8 cm³/mol. The Bertz CT molecular complexity index is 303. The molecular weight excluding hydrogens is 228 g/mol. The average Bonchev–Trinajstić information content (AvgIpc) is 2.79. The second-order valence-electron chi connectivity index (χ2n) is 3.52. The number of hydrogen-bond acceptors (Lipinski definition) is 7. The zero-order valence-corrected chi connectivity index (χ0v) is 9.72. The van der Waals surface area contributed by atoms with Crippen molar-refractivity contribution >= 4 is 12.0 Å². The van der Waals surface area contributed by atoms with Crippen molar-refractivity contribution in [3.8, 4) is 0 Å². The highest BCUT2D eigenvalue weighted by atomic mass is 16.7. The smallest absolute Gasteiger partial charge is 0.436 e. The van der Waals surface area contributed by atoms with Crippen molar-refractivity contribution in [2.75, 3.05) is 39.5 Å². The number of aliphatic imine (C=N–C) groups is 1. The molecule has 0 radical (unpaired) electrons. The summed E-state index contributed by atoms with van der Waals surface area (Å²) in [6, 6.07) is 0. The molecule has 0 aliphatic carbocycles. The lowest BCUT2D eigenvalue weighted by atomic mass is 10.5. The molecule has 0 aromatic carbocycles. The fourth-order valence-corrected chi connectivity index (χ4v) is 1.57. The van der Waals surface area contributed by atoms with Gasteiger partial charge in [-0.1, -0.05) is 5.59 Å². The van der Waals surface area contributed by atoms with E-state index in [1.165, 1.54) is 0 Å². The largest absolute Gasteiger partial charge is 0.448 e. The quantitative estimate of drug-likeness (QED) is 0.704. The SMILES string of the molecule is CCOC(=O)N=C1CN(N2CCOCC2)NO1. The molecule has 2 rings (SSSR count). The molecule has 2 fully saturated rings. The van der Waals surface area contributed by atoms with Crippen molar-refractivity contribution in [3.63, 3.8) is 0 Å². The third-order valence-electron chi connectivity index (χ3n) is 2.37. The highest BCUT2D eigenvalue weighted by Gasteiger charge is 2.27. The van der Waals surface area contributed by atoms with Crippen LogP contribution in [0.5, 0.6) is 0 Å². The van der Waals surface area contributed by atoms with Gasteiger partial charge in [-0.25, -0.2) is 9.80 Å². The van der Waals surface area contributed by atoms with Crippen LogP contribution in [0.25, 0.3) is 0 Å². The molecule has 2 aliphatic rings. The fraction of sp³-hybridized carbons (Fsp3) is 0.778. The molecule has 0 spiro atoms. The minimum Gasteiger partial charge on any atom is -0.448 e. The van der Waals surface area contributed by atoms with Gasteiger partial charge in [0.05, 0.1) is 19.8 Å². The van der Waals surface area contributed by atoms with Gasteiger partial charge in [-0.2, -0.15) is 0 Å². The van der Waals surface area contributed by atoms with Crippen LogP contribution >= 0.6 is 0 Å². The molecule has 17 heavy (non-hydrogen) atoms. The number of carbonyl (C=O) groups is 1. The van der Waals surface area contributed by atoms with Crippen molar-refractivity contribution in [2.24, 2.45) is 4.99 Å². The topological polar surface area (TPSA) is 75.6 Å². The monoisotopic (exact) mass is 244 g/mol. The Kier molecular flexibility index (Phi) is 4.26. The van der Waals surface area contributed by atoms with Crippen LogP contribution in [0.4, 0.5) is 4.79 Å². The first kappa shape index (κ1) is 12.2. The van der Waals surface area contributed by atoms with E-state index < -0.39 is 6.09 Å². The predicted octanol–water partition coefficient (Wildman–Crippen LogP) is -0.460. The molecule has 8 nitrogen and oxygen atoms in total. The standard InChI is InChI=1S/C9H16N4O4/c1-2-16-9(14)10-8-7-13(11-17-8)12-3-5-15-6-4-12/h11H,2-7H2,1H3. The first-order valence-corrected chi connectivity index (χ1v) is 5.56. The molecule has 0 atom stereocenters. The van der Waals surface area contributed by atoms with Crippen LogP contribution in [-0.4, -0.2) is 61.6 Å². The van der Waals surface area contributed by atoms with Gasteiger partial charge in [0.25, 0.3) is 0 Å². The van der Waals surface area contributed by atoms with Crippen molar-refractivity contribution in [1.29, 1.82) is 0 Å². The van der Waals surface area contributed by atoms with Crippen molar-refractivity contribution in [2.45, 2.75) is 6.92 Å². The molecule has 0 aromatic rings. The third-order valence-corrected chi connectivity index (χ3v) is 2.37. The van der Waals surface area contributed by atoms with Crippen LogP contribution in [0, 0.1) is 0 Å². The maximum absolute atomic E-state index is 11.1. The normalized spacial score (nSPS) is 24.9. The highest BCUT2D eigenvalue weighted by molar-refractivity contribution is 5.89. The molecule has 1 amide bonds. The molecule has 0 aromatic heterocycles. The second-order valence-corrected chi connectivity index (χ2v) is 3.52. The van der Waals surface area contributed by atoms with Crippen molar-refractivity contribution in [1.82, 2.24) is 15.7 Å². The van der Waals surface area contributed by atoms with Gasteiger partial charge >= 0.3 is 6.09 Å². The second kappa shape index (κ2) is 5.92. The number of hydrogen-bond donors (Lipinski definition) is 1. The summed E-state index contributed by atoms with van der Waals surface area (Å²) in [6.07, 6.45) is -0.631. The van der Waals surface area contributed by atoms with E-state index in [4.69, 9.17) is 14.3 Å². The van der Waals surface area contributed by atoms with E-state index in [0.29, 0.717) is 32.3 Å². The van der Waals surface area contributed by atoms with Gasteiger partial charge < -0.3 is 14.3 Å². The maximum atomic E-state index is 11.1. The van der Waals surface area contributed by atoms with Crippen molar-refractivity contribution < 1.29 is 19.1 Å². The summed E-state index contributed by atoms with van der Waals surface area (Å²) in [5, 5.41) is 3.80. The number of rotatable bonds is 2. The Morgan fingerprint density at radius 1 is 1.53 bits per heavy atom. The summed E-state index contributed by atoms with van der Waals surface area (Å²) < 4.78 is 9.94. The average molecular weight is 244 g/mol. The molecule has 2 aliphatic heterocycles. The van der Waals surface area contributed by atoms with E-state index in [2.05, 4.69) is 10.6 Å².